The normalized spacial score (nSPS) is 12.0. The predicted molar refractivity (Wildman–Crippen MR) is 88.4 cm³/mol. The molecule has 0 saturated carbocycles. The molecule has 0 fully saturated rings. The molecule has 0 aliphatic heterocycles. The summed E-state index contributed by atoms with van der Waals surface area (Å²) in [6.45, 7) is 3.92. The lowest BCUT2D eigenvalue weighted by Gasteiger charge is -2.14. The van der Waals surface area contributed by atoms with E-state index < -0.39 is 0 Å². The maximum atomic E-state index is 11.8. The van der Waals surface area contributed by atoms with E-state index in [9.17, 15) is 4.79 Å². The number of nitrogens with one attached hydrogen (secondary N) is 1. The van der Waals surface area contributed by atoms with Gasteiger partial charge in [-0.15, -0.1) is 10.2 Å². The average Bonchev–Trinajstić information content (AvgIpc) is 2.87. The molecule has 0 bridgehead atoms. The molecular formula is C14H18N4OS2. The van der Waals surface area contributed by atoms with Gasteiger partial charge >= 0.3 is 0 Å². The molecule has 2 aromatic rings. The minimum atomic E-state index is -0.167. The highest BCUT2D eigenvalue weighted by Gasteiger charge is 2.18. The van der Waals surface area contributed by atoms with Gasteiger partial charge in [-0.05, 0) is 26.0 Å². The van der Waals surface area contributed by atoms with E-state index in [0.717, 1.165) is 15.2 Å². The highest BCUT2D eigenvalue weighted by atomic mass is 32.2. The number of hydrogen-bond donors (Lipinski definition) is 1. The van der Waals surface area contributed by atoms with E-state index in [1.54, 1.807) is 19.0 Å². The molecule has 0 spiro atoms. The number of carbonyl (C=O) groups is 1. The number of carbonyl (C=O) groups excluding carboxylic acids is 1. The molecule has 1 aromatic heterocycles. The summed E-state index contributed by atoms with van der Waals surface area (Å²) >= 11 is 2.88. The Hall–Kier alpha value is -1.60. The fourth-order valence-corrected chi connectivity index (χ4v) is 3.70. The van der Waals surface area contributed by atoms with Crippen molar-refractivity contribution in [2.45, 2.75) is 23.4 Å². The summed E-state index contributed by atoms with van der Waals surface area (Å²) in [6, 6.07) is 8.08. The molecule has 0 saturated heterocycles. The number of thioether (sulfide) groups is 1. The van der Waals surface area contributed by atoms with Gasteiger partial charge in [0.25, 0.3) is 0 Å². The third-order valence-electron chi connectivity index (χ3n) is 2.78. The number of hydrogen-bond acceptors (Lipinski definition) is 6. The Bertz CT molecular complexity index is 610. The van der Waals surface area contributed by atoms with Crippen LogP contribution in [0.5, 0.6) is 0 Å². The minimum Gasteiger partial charge on any atom is -0.348 e. The van der Waals surface area contributed by atoms with Crippen LogP contribution in [0.3, 0.4) is 0 Å². The van der Waals surface area contributed by atoms with Gasteiger partial charge in [0.15, 0.2) is 4.34 Å². The lowest BCUT2D eigenvalue weighted by Crippen LogP contribution is -2.29. The van der Waals surface area contributed by atoms with Crippen LogP contribution in [0.4, 0.5) is 10.8 Å². The van der Waals surface area contributed by atoms with Gasteiger partial charge in [-0.1, -0.05) is 40.8 Å². The van der Waals surface area contributed by atoms with E-state index in [4.69, 9.17) is 0 Å². The Labute approximate surface area is 132 Å². The highest BCUT2D eigenvalue weighted by molar-refractivity contribution is 8.02. The van der Waals surface area contributed by atoms with Crippen LogP contribution in [0.2, 0.25) is 0 Å². The van der Waals surface area contributed by atoms with Crippen molar-refractivity contribution in [3.05, 3.63) is 29.8 Å². The van der Waals surface area contributed by atoms with Crippen LogP contribution in [0.25, 0.3) is 0 Å². The standard InChI is InChI=1S/C14H18N4OS2/c1-9-5-7-11(8-6-9)15-13-16-17-14(21-13)20-10(2)12(19)18(3)4/h5-8,10H,1-4H3,(H,15,16)/t10-/m0/s1. The fourth-order valence-electron chi connectivity index (χ4n) is 1.63. The lowest BCUT2D eigenvalue weighted by molar-refractivity contribution is -0.127. The van der Waals surface area contributed by atoms with Crippen molar-refractivity contribution in [2.75, 3.05) is 19.4 Å². The van der Waals surface area contributed by atoms with Gasteiger partial charge in [0.1, 0.15) is 0 Å². The molecule has 112 valence electrons. The first-order valence-corrected chi connectivity index (χ1v) is 8.20. The summed E-state index contributed by atoms with van der Waals surface area (Å²) in [5.41, 5.74) is 2.19. The zero-order valence-corrected chi connectivity index (χ0v) is 14.1. The third-order valence-corrected chi connectivity index (χ3v) is 4.79. The van der Waals surface area contributed by atoms with Crippen LogP contribution < -0.4 is 5.32 Å². The van der Waals surface area contributed by atoms with E-state index in [2.05, 4.69) is 15.5 Å². The first-order chi connectivity index (χ1) is 9.95. The van der Waals surface area contributed by atoms with Gasteiger partial charge in [0.05, 0.1) is 5.25 Å². The first kappa shape index (κ1) is 15.8. The van der Waals surface area contributed by atoms with Crippen LogP contribution in [0.15, 0.2) is 28.6 Å². The van der Waals surface area contributed by atoms with Crippen LogP contribution in [-0.4, -0.2) is 40.3 Å². The molecule has 1 atom stereocenters. The monoisotopic (exact) mass is 322 g/mol. The SMILES string of the molecule is Cc1ccc(Nc2nnc(S[C@@H](C)C(=O)N(C)C)s2)cc1. The molecule has 1 aromatic carbocycles. The van der Waals surface area contributed by atoms with Gasteiger partial charge in [-0.2, -0.15) is 0 Å². The summed E-state index contributed by atoms with van der Waals surface area (Å²) in [5, 5.41) is 12.0. The smallest absolute Gasteiger partial charge is 0.235 e. The highest BCUT2D eigenvalue weighted by Crippen LogP contribution is 2.30. The molecule has 5 nitrogen and oxygen atoms in total. The summed E-state index contributed by atoms with van der Waals surface area (Å²) < 4.78 is 0.785. The second kappa shape index (κ2) is 6.91. The molecule has 1 heterocycles. The zero-order chi connectivity index (χ0) is 15.4. The number of aromatic nitrogens is 2. The second-order valence-electron chi connectivity index (χ2n) is 4.86. The van der Waals surface area contributed by atoms with Crippen molar-refractivity contribution in [3.8, 4) is 0 Å². The van der Waals surface area contributed by atoms with Gasteiger partial charge < -0.3 is 10.2 Å². The Morgan fingerprint density at radius 2 is 1.95 bits per heavy atom. The van der Waals surface area contributed by atoms with E-state index in [1.165, 1.54) is 28.7 Å². The predicted octanol–water partition coefficient (Wildman–Crippen LogP) is 3.16. The average molecular weight is 322 g/mol. The number of rotatable bonds is 5. The summed E-state index contributed by atoms with van der Waals surface area (Å²) in [4.78, 5) is 13.4. The summed E-state index contributed by atoms with van der Waals surface area (Å²) in [7, 11) is 3.51. The van der Waals surface area contributed by atoms with Crippen molar-refractivity contribution in [1.82, 2.24) is 15.1 Å². The molecule has 0 aliphatic rings. The number of aryl methyl sites for hydroxylation is 1. The van der Waals surface area contributed by atoms with E-state index in [0.29, 0.717) is 0 Å². The van der Waals surface area contributed by atoms with Crippen LogP contribution in [0.1, 0.15) is 12.5 Å². The van der Waals surface area contributed by atoms with Gasteiger partial charge in [0.2, 0.25) is 11.0 Å². The van der Waals surface area contributed by atoms with Crippen LogP contribution in [0, 0.1) is 6.92 Å². The Kier molecular flexibility index (Phi) is 5.19. The molecular weight excluding hydrogens is 304 g/mol. The van der Waals surface area contributed by atoms with Crippen molar-refractivity contribution >= 4 is 39.8 Å². The third kappa shape index (κ3) is 4.44. The summed E-state index contributed by atoms with van der Waals surface area (Å²) in [5.74, 6) is 0.0724. The molecule has 1 N–H and O–H groups in total. The Balaban J connectivity index is 1.98. The molecule has 7 heteroatoms. The molecule has 1 amide bonds. The number of benzene rings is 1. The van der Waals surface area contributed by atoms with Gasteiger partial charge in [-0.25, -0.2) is 0 Å². The van der Waals surface area contributed by atoms with Crippen molar-refractivity contribution in [3.63, 3.8) is 0 Å². The molecule has 0 radical (unpaired) electrons. The minimum absolute atomic E-state index is 0.0724. The number of amides is 1. The maximum absolute atomic E-state index is 11.8. The number of anilines is 2. The molecule has 0 aliphatic carbocycles. The van der Waals surface area contributed by atoms with E-state index >= 15 is 0 Å². The zero-order valence-electron chi connectivity index (χ0n) is 12.5. The Morgan fingerprint density at radius 1 is 1.29 bits per heavy atom. The van der Waals surface area contributed by atoms with Crippen molar-refractivity contribution < 1.29 is 4.79 Å². The topological polar surface area (TPSA) is 58.1 Å². The van der Waals surface area contributed by atoms with E-state index in [1.807, 2.05) is 38.1 Å². The molecule has 2 rings (SSSR count). The van der Waals surface area contributed by atoms with Gasteiger partial charge in [-0.3, -0.25) is 4.79 Å². The second-order valence-corrected chi connectivity index (χ2v) is 7.42. The van der Waals surface area contributed by atoms with Crippen LogP contribution in [-0.2, 0) is 4.79 Å². The molecule has 21 heavy (non-hydrogen) atoms. The van der Waals surface area contributed by atoms with Crippen molar-refractivity contribution in [1.29, 1.82) is 0 Å². The lowest BCUT2D eigenvalue weighted by atomic mass is 10.2. The van der Waals surface area contributed by atoms with Crippen LogP contribution >= 0.6 is 23.1 Å². The quantitative estimate of drug-likeness (QED) is 0.857. The largest absolute Gasteiger partial charge is 0.348 e. The van der Waals surface area contributed by atoms with Crippen molar-refractivity contribution in [2.24, 2.45) is 0 Å². The van der Waals surface area contributed by atoms with E-state index in [-0.39, 0.29) is 11.2 Å². The Morgan fingerprint density at radius 3 is 2.57 bits per heavy atom. The number of nitrogens with zero attached hydrogens (tertiary/aromatic N) is 3. The van der Waals surface area contributed by atoms with Gasteiger partial charge in [0, 0.05) is 19.8 Å². The maximum Gasteiger partial charge on any atom is 0.235 e. The fraction of sp³-hybridized carbons (Fsp3) is 0.357. The molecule has 0 unspecified atom stereocenters. The summed E-state index contributed by atoms with van der Waals surface area (Å²) in [6.07, 6.45) is 0. The first-order valence-electron chi connectivity index (χ1n) is 6.50.